The lowest BCUT2D eigenvalue weighted by Gasteiger charge is -2.04. The van der Waals surface area contributed by atoms with Crippen LogP contribution < -0.4 is 11.1 Å². The predicted octanol–water partition coefficient (Wildman–Crippen LogP) is 2.65. The summed E-state index contributed by atoms with van der Waals surface area (Å²) in [5.41, 5.74) is 2.93. The van der Waals surface area contributed by atoms with Gasteiger partial charge in [0.25, 0.3) is 5.91 Å². The van der Waals surface area contributed by atoms with Gasteiger partial charge in [0.2, 0.25) is 0 Å². The Hall–Kier alpha value is -3.41. The molecule has 6 nitrogen and oxygen atoms in total. The van der Waals surface area contributed by atoms with E-state index in [0.29, 0.717) is 11.3 Å². The highest BCUT2D eigenvalue weighted by molar-refractivity contribution is 6.02. The summed E-state index contributed by atoms with van der Waals surface area (Å²) in [7, 11) is 0. The summed E-state index contributed by atoms with van der Waals surface area (Å²) in [5, 5.41) is 14.3. The predicted molar refractivity (Wildman–Crippen MR) is 90.3 cm³/mol. The van der Waals surface area contributed by atoms with E-state index in [4.69, 9.17) is 4.42 Å². The molecule has 2 N–H and O–H groups in total. The van der Waals surface area contributed by atoms with Crippen LogP contribution in [0.1, 0.15) is 22.8 Å². The van der Waals surface area contributed by atoms with Gasteiger partial charge >= 0.3 is 5.63 Å². The Morgan fingerprint density at radius 3 is 2.58 bits per heavy atom. The molecule has 1 amide bonds. The van der Waals surface area contributed by atoms with Gasteiger partial charge in [-0.15, -0.1) is 0 Å². The van der Waals surface area contributed by atoms with Crippen molar-refractivity contribution in [1.82, 2.24) is 5.43 Å². The van der Waals surface area contributed by atoms with Gasteiger partial charge in [0.05, 0.1) is 16.8 Å². The summed E-state index contributed by atoms with van der Waals surface area (Å²) in [4.78, 5) is 24.1. The SMILES string of the molecule is C/C(=N/NC(=O)c1ccccc1O)c1cc2ccccc2oc1=O. The lowest BCUT2D eigenvalue weighted by atomic mass is 10.1. The second kappa shape index (κ2) is 6.37. The Bertz CT molecular complexity index is 1010. The van der Waals surface area contributed by atoms with Gasteiger partial charge in [-0.05, 0) is 31.2 Å². The normalized spacial score (nSPS) is 11.5. The highest BCUT2D eigenvalue weighted by Gasteiger charge is 2.11. The molecule has 1 aromatic heterocycles. The number of fused-ring (bicyclic) bond motifs is 1. The molecule has 1 heterocycles. The van der Waals surface area contributed by atoms with E-state index in [1.807, 2.05) is 12.1 Å². The molecular formula is C18H14N2O4. The first-order chi connectivity index (χ1) is 11.6. The van der Waals surface area contributed by atoms with E-state index in [2.05, 4.69) is 10.5 Å². The number of hydrazone groups is 1. The smallest absolute Gasteiger partial charge is 0.345 e. The quantitative estimate of drug-likeness (QED) is 0.440. The van der Waals surface area contributed by atoms with Crippen molar-refractivity contribution >= 4 is 22.6 Å². The molecule has 0 saturated carbocycles. The molecule has 0 unspecified atom stereocenters. The molecule has 3 rings (SSSR count). The number of nitrogens with one attached hydrogen (secondary N) is 1. The highest BCUT2D eigenvalue weighted by atomic mass is 16.4. The van der Waals surface area contributed by atoms with Crippen LogP contribution in [0.4, 0.5) is 0 Å². The third-order valence-corrected chi connectivity index (χ3v) is 3.51. The van der Waals surface area contributed by atoms with Crippen LogP contribution in [0.2, 0.25) is 0 Å². The molecule has 0 spiro atoms. The molecular weight excluding hydrogens is 308 g/mol. The van der Waals surface area contributed by atoms with Gasteiger partial charge < -0.3 is 9.52 Å². The summed E-state index contributed by atoms with van der Waals surface area (Å²) < 4.78 is 5.24. The van der Waals surface area contributed by atoms with Gasteiger partial charge in [-0.3, -0.25) is 4.79 Å². The van der Waals surface area contributed by atoms with E-state index in [1.54, 1.807) is 37.3 Å². The standard InChI is InChI=1S/C18H14N2O4/c1-11(19-20-17(22)13-7-3-4-8-15(13)21)14-10-12-6-2-5-9-16(12)24-18(14)23/h2-10,21H,1H3,(H,20,22)/b19-11-. The lowest BCUT2D eigenvalue weighted by molar-refractivity contribution is 0.0952. The average Bonchev–Trinajstić information content (AvgIpc) is 2.59. The van der Waals surface area contributed by atoms with E-state index >= 15 is 0 Å². The summed E-state index contributed by atoms with van der Waals surface area (Å²) in [5.74, 6) is -0.717. The molecule has 0 saturated heterocycles. The number of aromatic hydroxyl groups is 1. The summed E-state index contributed by atoms with van der Waals surface area (Å²) in [6.07, 6.45) is 0. The van der Waals surface area contributed by atoms with E-state index in [-0.39, 0.29) is 16.9 Å². The number of nitrogens with zero attached hydrogens (tertiary/aromatic N) is 1. The van der Waals surface area contributed by atoms with Crippen molar-refractivity contribution in [2.75, 3.05) is 0 Å². The Kier molecular flexibility index (Phi) is 4.11. The van der Waals surface area contributed by atoms with Crippen LogP contribution in [0.15, 0.2) is 68.9 Å². The average molecular weight is 322 g/mol. The molecule has 2 aromatic carbocycles. The van der Waals surface area contributed by atoms with Crippen LogP contribution in [0.25, 0.3) is 11.0 Å². The fraction of sp³-hybridized carbons (Fsp3) is 0.0556. The van der Waals surface area contributed by atoms with Gasteiger partial charge in [-0.1, -0.05) is 30.3 Å². The zero-order valence-corrected chi connectivity index (χ0v) is 12.8. The number of rotatable bonds is 3. The van der Waals surface area contributed by atoms with Crippen LogP contribution >= 0.6 is 0 Å². The van der Waals surface area contributed by atoms with Crippen LogP contribution in [0, 0.1) is 0 Å². The van der Waals surface area contributed by atoms with Crippen LogP contribution in [0.3, 0.4) is 0 Å². The first-order valence-corrected chi connectivity index (χ1v) is 7.22. The maximum atomic E-state index is 12.0. The molecule has 6 heteroatoms. The minimum atomic E-state index is -0.572. The minimum absolute atomic E-state index is 0.0968. The van der Waals surface area contributed by atoms with Gasteiger partial charge in [-0.2, -0.15) is 5.10 Å². The maximum Gasteiger partial charge on any atom is 0.345 e. The molecule has 0 aliphatic heterocycles. The van der Waals surface area contributed by atoms with Crippen LogP contribution in [-0.4, -0.2) is 16.7 Å². The fourth-order valence-corrected chi connectivity index (χ4v) is 2.23. The molecule has 0 bridgehead atoms. The van der Waals surface area contributed by atoms with Crippen LogP contribution in [-0.2, 0) is 0 Å². The Morgan fingerprint density at radius 2 is 1.79 bits per heavy atom. The maximum absolute atomic E-state index is 12.0. The van der Waals surface area contributed by atoms with Gasteiger partial charge in [0.15, 0.2) is 0 Å². The number of para-hydroxylation sites is 2. The number of amides is 1. The zero-order chi connectivity index (χ0) is 17.1. The lowest BCUT2D eigenvalue weighted by Crippen LogP contribution is -2.21. The zero-order valence-electron chi connectivity index (χ0n) is 12.8. The van der Waals surface area contributed by atoms with Crippen molar-refractivity contribution in [1.29, 1.82) is 0 Å². The van der Waals surface area contributed by atoms with E-state index in [1.165, 1.54) is 12.1 Å². The third-order valence-electron chi connectivity index (χ3n) is 3.51. The van der Waals surface area contributed by atoms with E-state index in [0.717, 1.165) is 5.39 Å². The fourth-order valence-electron chi connectivity index (χ4n) is 2.23. The van der Waals surface area contributed by atoms with Crippen molar-refractivity contribution in [3.63, 3.8) is 0 Å². The summed E-state index contributed by atoms with van der Waals surface area (Å²) >= 11 is 0. The topological polar surface area (TPSA) is 91.9 Å². The second-order valence-corrected chi connectivity index (χ2v) is 5.14. The van der Waals surface area contributed by atoms with Crippen molar-refractivity contribution < 1.29 is 14.3 Å². The number of carbonyl (C=O) groups excluding carboxylic acids is 1. The highest BCUT2D eigenvalue weighted by Crippen LogP contribution is 2.15. The van der Waals surface area contributed by atoms with Gasteiger partial charge in [0.1, 0.15) is 11.3 Å². The summed E-state index contributed by atoms with van der Waals surface area (Å²) in [6.45, 7) is 1.59. The largest absolute Gasteiger partial charge is 0.507 e. The third kappa shape index (κ3) is 3.03. The van der Waals surface area contributed by atoms with Crippen LogP contribution in [0.5, 0.6) is 5.75 Å². The molecule has 0 atom stereocenters. The summed E-state index contributed by atoms with van der Waals surface area (Å²) in [6, 6.07) is 14.9. The van der Waals surface area contributed by atoms with E-state index < -0.39 is 11.5 Å². The first-order valence-electron chi connectivity index (χ1n) is 7.22. The molecule has 0 radical (unpaired) electrons. The van der Waals surface area contributed by atoms with Crippen molar-refractivity contribution in [3.8, 4) is 5.75 Å². The van der Waals surface area contributed by atoms with E-state index in [9.17, 15) is 14.7 Å². The van der Waals surface area contributed by atoms with Crippen molar-refractivity contribution in [2.45, 2.75) is 6.92 Å². The number of benzene rings is 2. The molecule has 3 aromatic rings. The molecule has 120 valence electrons. The van der Waals surface area contributed by atoms with Crippen molar-refractivity contribution in [3.05, 3.63) is 76.1 Å². The number of carbonyl (C=O) groups is 1. The second-order valence-electron chi connectivity index (χ2n) is 5.14. The van der Waals surface area contributed by atoms with Gasteiger partial charge in [0, 0.05) is 5.39 Å². The molecule has 0 aliphatic carbocycles. The Morgan fingerprint density at radius 1 is 1.08 bits per heavy atom. The number of hydrogen-bond donors (Lipinski definition) is 2. The Labute approximate surface area is 137 Å². The Balaban J connectivity index is 1.89. The molecule has 0 aliphatic rings. The van der Waals surface area contributed by atoms with Crippen molar-refractivity contribution in [2.24, 2.45) is 5.10 Å². The van der Waals surface area contributed by atoms with Gasteiger partial charge in [-0.25, -0.2) is 10.2 Å². The molecule has 24 heavy (non-hydrogen) atoms. The number of hydrogen-bond acceptors (Lipinski definition) is 5. The first kappa shape index (κ1) is 15.5. The number of phenols is 1. The minimum Gasteiger partial charge on any atom is -0.507 e. The monoisotopic (exact) mass is 322 g/mol. The molecule has 0 fully saturated rings. The number of phenolic OH excluding ortho intramolecular Hbond substituents is 1.